The van der Waals surface area contributed by atoms with Crippen LogP contribution in [0.5, 0.6) is 5.75 Å². The number of hydrogen-bond acceptors (Lipinski definition) is 4. The molecule has 1 saturated heterocycles. The van der Waals surface area contributed by atoms with Crippen LogP contribution in [0.3, 0.4) is 0 Å². The van der Waals surface area contributed by atoms with Crippen molar-refractivity contribution in [2.24, 2.45) is 0 Å². The zero-order valence-corrected chi connectivity index (χ0v) is 17.2. The summed E-state index contributed by atoms with van der Waals surface area (Å²) in [4.78, 5) is 39.8. The van der Waals surface area contributed by atoms with Gasteiger partial charge in [0.1, 0.15) is 22.2 Å². The zero-order valence-electron chi connectivity index (χ0n) is 16.5. The maximum atomic E-state index is 14.0. The van der Waals surface area contributed by atoms with E-state index in [0.29, 0.717) is 13.1 Å². The molecule has 10 heteroatoms. The van der Waals surface area contributed by atoms with Crippen molar-refractivity contribution in [3.63, 3.8) is 0 Å². The number of carbonyl (C=O) groups is 2. The molecule has 1 fully saturated rings. The van der Waals surface area contributed by atoms with E-state index < -0.39 is 39.6 Å². The second-order valence-corrected chi connectivity index (χ2v) is 8.12. The Bertz CT molecular complexity index is 1130. The molecule has 0 saturated carbocycles. The van der Waals surface area contributed by atoms with Gasteiger partial charge in [0.05, 0.1) is 0 Å². The second kappa shape index (κ2) is 8.30. The average Bonchev–Trinajstić information content (AvgIpc) is 2.99. The first-order chi connectivity index (χ1) is 14.8. The van der Waals surface area contributed by atoms with Crippen LogP contribution in [0.15, 0.2) is 23.1 Å². The first-order valence-corrected chi connectivity index (χ1v) is 10.3. The molecule has 0 radical (unpaired) electrons. The van der Waals surface area contributed by atoms with E-state index in [9.17, 15) is 28.3 Å². The van der Waals surface area contributed by atoms with Crippen LogP contribution in [-0.4, -0.2) is 39.0 Å². The number of aromatic hydroxyl groups is 1. The van der Waals surface area contributed by atoms with Gasteiger partial charge in [-0.05, 0) is 18.9 Å². The van der Waals surface area contributed by atoms with Crippen LogP contribution in [0.4, 0.5) is 8.78 Å². The molecule has 164 valence electrons. The van der Waals surface area contributed by atoms with Gasteiger partial charge in [-0.3, -0.25) is 14.4 Å². The van der Waals surface area contributed by atoms with Gasteiger partial charge in [-0.15, -0.1) is 0 Å². The van der Waals surface area contributed by atoms with Gasteiger partial charge in [0.15, 0.2) is 11.4 Å². The lowest BCUT2D eigenvalue weighted by Crippen LogP contribution is -2.49. The van der Waals surface area contributed by atoms with Crippen LogP contribution in [0.2, 0.25) is 5.02 Å². The summed E-state index contributed by atoms with van der Waals surface area (Å²) in [6.45, 7) is 0.574. The lowest BCUT2D eigenvalue weighted by Gasteiger charge is -2.36. The number of amides is 2. The summed E-state index contributed by atoms with van der Waals surface area (Å²) in [6, 6.07) is 2.03. The Morgan fingerprint density at radius 1 is 1.23 bits per heavy atom. The maximum absolute atomic E-state index is 14.0. The van der Waals surface area contributed by atoms with E-state index in [1.54, 1.807) is 4.90 Å². The van der Waals surface area contributed by atoms with Gasteiger partial charge in [-0.25, -0.2) is 8.78 Å². The Balaban J connectivity index is 1.62. The fourth-order valence-corrected chi connectivity index (χ4v) is 4.34. The van der Waals surface area contributed by atoms with Crippen molar-refractivity contribution in [3.8, 4) is 5.75 Å². The highest BCUT2D eigenvalue weighted by Gasteiger charge is 2.36. The Hall–Kier alpha value is -2.94. The third-order valence-electron chi connectivity index (χ3n) is 5.80. The molecule has 2 aromatic rings. The van der Waals surface area contributed by atoms with Gasteiger partial charge >= 0.3 is 0 Å². The van der Waals surface area contributed by atoms with Crippen molar-refractivity contribution in [1.29, 1.82) is 0 Å². The number of benzene rings is 1. The smallest absolute Gasteiger partial charge is 0.274 e. The van der Waals surface area contributed by atoms with E-state index >= 15 is 0 Å². The van der Waals surface area contributed by atoms with E-state index in [0.717, 1.165) is 37.8 Å². The summed E-state index contributed by atoms with van der Waals surface area (Å²) in [5, 5.41) is 12.1. The van der Waals surface area contributed by atoms with Crippen molar-refractivity contribution in [1.82, 2.24) is 14.8 Å². The normalized spacial score (nSPS) is 18.2. The predicted molar refractivity (Wildman–Crippen MR) is 108 cm³/mol. The van der Waals surface area contributed by atoms with Gasteiger partial charge in [0, 0.05) is 37.4 Å². The van der Waals surface area contributed by atoms with Crippen LogP contribution in [0, 0.1) is 11.6 Å². The molecule has 31 heavy (non-hydrogen) atoms. The van der Waals surface area contributed by atoms with Crippen LogP contribution >= 0.6 is 11.6 Å². The van der Waals surface area contributed by atoms with Crippen molar-refractivity contribution in [2.45, 2.75) is 44.8 Å². The Labute approximate surface area is 181 Å². The summed E-state index contributed by atoms with van der Waals surface area (Å²) in [5.74, 6) is -4.00. The lowest BCUT2D eigenvalue weighted by atomic mass is 10.0. The highest BCUT2D eigenvalue weighted by Crippen LogP contribution is 2.28. The first-order valence-electron chi connectivity index (χ1n) is 9.97. The van der Waals surface area contributed by atoms with E-state index in [1.165, 1.54) is 10.8 Å². The summed E-state index contributed by atoms with van der Waals surface area (Å²) >= 11 is 5.54. The summed E-state index contributed by atoms with van der Waals surface area (Å²) in [7, 11) is 0. The minimum absolute atomic E-state index is 0.0636. The Kier molecular flexibility index (Phi) is 5.70. The first kappa shape index (κ1) is 21.3. The molecule has 1 atom stereocenters. The van der Waals surface area contributed by atoms with Crippen LogP contribution in [0.25, 0.3) is 0 Å². The number of pyridine rings is 1. The van der Waals surface area contributed by atoms with Crippen LogP contribution < -0.4 is 10.7 Å². The van der Waals surface area contributed by atoms with Gasteiger partial charge in [0.2, 0.25) is 5.43 Å². The third kappa shape index (κ3) is 3.78. The Morgan fingerprint density at radius 3 is 2.77 bits per heavy atom. The molecule has 1 aromatic heterocycles. The third-order valence-corrected chi connectivity index (χ3v) is 6.15. The monoisotopic (exact) mass is 451 g/mol. The number of fused-ring (bicyclic) bond motifs is 2. The van der Waals surface area contributed by atoms with Gasteiger partial charge in [-0.2, -0.15) is 0 Å². The fourth-order valence-electron chi connectivity index (χ4n) is 4.15. The molecule has 2 aliphatic heterocycles. The molecule has 2 aliphatic rings. The average molecular weight is 452 g/mol. The number of rotatable bonds is 3. The van der Waals surface area contributed by atoms with E-state index in [2.05, 4.69) is 5.32 Å². The Morgan fingerprint density at radius 2 is 2.00 bits per heavy atom. The van der Waals surface area contributed by atoms with Crippen LogP contribution in [0.1, 0.15) is 52.1 Å². The number of nitrogens with one attached hydrogen (secondary N) is 1. The quantitative estimate of drug-likeness (QED) is 0.702. The molecule has 7 nitrogen and oxygen atoms in total. The van der Waals surface area contributed by atoms with Gasteiger partial charge < -0.3 is 19.9 Å². The van der Waals surface area contributed by atoms with E-state index in [-0.39, 0.29) is 29.4 Å². The molecular weight excluding hydrogens is 432 g/mol. The SMILES string of the molecule is O=C(NCc1ccc(F)c(Cl)c1F)c1cn2c(c(O)c1=O)C(=O)N1CCCCC[C@H]1C2. The highest BCUT2D eigenvalue weighted by molar-refractivity contribution is 6.30. The van der Waals surface area contributed by atoms with Crippen molar-refractivity contribution in [3.05, 3.63) is 62.0 Å². The molecule has 2 amide bonds. The van der Waals surface area contributed by atoms with Crippen LogP contribution in [-0.2, 0) is 13.1 Å². The molecule has 0 unspecified atom stereocenters. The maximum Gasteiger partial charge on any atom is 0.274 e. The molecule has 2 N–H and O–H groups in total. The predicted octanol–water partition coefficient (Wildman–Crippen LogP) is 2.81. The van der Waals surface area contributed by atoms with Crippen molar-refractivity contribution in [2.75, 3.05) is 6.54 Å². The molecule has 0 aliphatic carbocycles. The number of nitrogens with zero attached hydrogens (tertiary/aromatic N) is 2. The largest absolute Gasteiger partial charge is 0.503 e. The minimum Gasteiger partial charge on any atom is -0.503 e. The van der Waals surface area contributed by atoms with Gasteiger partial charge in [0.25, 0.3) is 11.8 Å². The molecule has 0 spiro atoms. The van der Waals surface area contributed by atoms with Crippen molar-refractivity contribution < 1.29 is 23.5 Å². The summed E-state index contributed by atoms with van der Waals surface area (Å²) < 4.78 is 28.8. The standard InChI is InChI=1S/C21H20ClF2N3O4/c22-15-14(23)6-5-11(16(15)24)8-25-20(30)13-10-26-9-12-4-2-1-3-7-27(12)21(31)17(26)19(29)18(13)28/h5-6,10,12,29H,1-4,7-9H2,(H,25,30)/t12-/m0/s1. The summed E-state index contributed by atoms with van der Waals surface area (Å²) in [6.07, 6.45) is 4.87. The van der Waals surface area contributed by atoms with E-state index in [1.807, 2.05) is 0 Å². The number of aromatic nitrogens is 1. The molecule has 0 bridgehead atoms. The number of hydrogen-bond donors (Lipinski definition) is 2. The topological polar surface area (TPSA) is 91.6 Å². The molecule has 1 aromatic carbocycles. The number of carbonyl (C=O) groups excluding carboxylic acids is 2. The molecule has 4 rings (SSSR count). The summed E-state index contributed by atoms with van der Waals surface area (Å²) in [5.41, 5.74) is -1.55. The van der Waals surface area contributed by atoms with Crippen molar-refractivity contribution >= 4 is 23.4 Å². The molecule has 3 heterocycles. The van der Waals surface area contributed by atoms with E-state index in [4.69, 9.17) is 11.6 Å². The second-order valence-electron chi connectivity index (χ2n) is 7.74. The fraction of sp³-hybridized carbons (Fsp3) is 0.381. The molecular formula is C21H20ClF2N3O4. The number of halogens is 3. The lowest BCUT2D eigenvalue weighted by molar-refractivity contribution is 0.0589. The minimum atomic E-state index is -1.01. The zero-order chi connectivity index (χ0) is 22.3. The highest BCUT2D eigenvalue weighted by atomic mass is 35.5. The van der Waals surface area contributed by atoms with Gasteiger partial charge in [-0.1, -0.05) is 30.5 Å².